The van der Waals surface area contributed by atoms with Crippen molar-refractivity contribution in [2.75, 3.05) is 0 Å². The summed E-state index contributed by atoms with van der Waals surface area (Å²) >= 11 is 5.95. The summed E-state index contributed by atoms with van der Waals surface area (Å²) in [7, 11) is -3.88. The lowest BCUT2D eigenvalue weighted by Crippen LogP contribution is -2.32. The van der Waals surface area contributed by atoms with Gasteiger partial charge < -0.3 is 4.98 Å². The highest BCUT2D eigenvalue weighted by Crippen LogP contribution is 2.24. The highest BCUT2D eigenvalue weighted by molar-refractivity contribution is 7.89. The number of nitrogens with one attached hydrogen (secondary N) is 1. The first-order valence-corrected chi connectivity index (χ1v) is 12.0. The Bertz CT molecular complexity index is 1430. The van der Waals surface area contributed by atoms with Crippen molar-refractivity contribution in [3.8, 4) is 0 Å². The highest BCUT2D eigenvalue weighted by atomic mass is 35.5. The number of hydrogen-bond acceptors (Lipinski definition) is 3. The molecule has 5 nitrogen and oxygen atoms in total. The first-order valence-electron chi connectivity index (χ1n) is 10.2. The van der Waals surface area contributed by atoms with Crippen molar-refractivity contribution in [2.45, 2.75) is 31.8 Å². The van der Waals surface area contributed by atoms with Gasteiger partial charge in [-0.25, -0.2) is 8.42 Å². The van der Waals surface area contributed by atoms with Crippen LogP contribution in [-0.2, 0) is 23.1 Å². The van der Waals surface area contributed by atoms with E-state index in [9.17, 15) is 13.2 Å². The molecule has 0 atom stereocenters. The molecule has 0 fully saturated rings. The van der Waals surface area contributed by atoms with Gasteiger partial charge in [0, 0.05) is 34.6 Å². The molecular weight excluding hydrogens is 444 g/mol. The standard InChI is InChI=1S/C25H23ClN2O3S/c1-17-12-18(2)23-14-20(25(29)27-24(23)13-17)16-28(15-19-6-4-3-5-7-19)32(30,31)22-10-8-21(26)9-11-22/h3-14H,15-16H2,1-2H3,(H,27,29). The van der Waals surface area contributed by atoms with Crippen LogP contribution in [0.3, 0.4) is 0 Å². The molecule has 0 radical (unpaired) electrons. The van der Waals surface area contributed by atoms with Gasteiger partial charge in [0.15, 0.2) is 0 Å². The first-order chi connectivity index (χ1) is 15.2. The molecule has 164 valence electrons. The first kappa shape index (κ1) is 22.3. The molecule has 32 heavy (non-hydrogen) atoms. The fourth-order valence-electron chi connectivity index (χ4n) is 3.79. The lowest BCUT2D eigenvalue weighted by Gasteiger charge is -2.22. The minimum Gasteiger partial charge on any atom is -0.322 e. The number of benzene rings is 3. The predicted octanol–water partition coefficient (Wildman–Crippen LogP) is 5.19. The zero-order chi connectivity index (χ0) is 22.9. The summed E-state index contributed by atoms with van der Waals surface area (Å²) in [5, 5.41) is 1.35. The fourth-order valence-corrected chi connectivity index (χ4v) is 5.32. The number of fused-ring (bicyclic) bond motifs is 1. The summed E-state index contributed by atoms with van der Waals surface area (Å²) in [6.45, 7) is 4.02. The average Bonchev–Trinajstić information content (AvgIpc) is 2.75. The van der Waals surface area contributed by atoms with E-state index in [1.165, 1.54) is 16.4 Å². The SMILES string of the molecule is Cc1cc(C)c2cc(CN(Cc3ccccc3)S(=O)(=O)c3ccc(Cl)cc3)c(=O)[nH]c2c1. The van der Waals surface area contributed by atoms with Crippen LogP contribution in [0.1, 0.15) is 22.3 Å². The fraction of sp³-hybridized carbons (Fsp3) is 0.160. The van der Waals surface area contributed by atoms with Crippen LogP contribution in [0.4, 0.5) is 0 Å². The van der Waals surface area contributed by atoms with E-state index in [1.807, 2.05) is 56.3 Å². The van der Waals surface area contributed by atoms with E-state index in [4.69, 9.17) is 11.6 Å². The molecule has 3 aromatic carbocycles. The van der Waals surface area contributed by atoms with E-state index < -0.39 is 10.0 Å². The third-order valence-electron chi connectivity index (χ3n) is 5.39. The average molecular weight is 467 g/mol. The van der Waals surface area contributed by atoms with Crippen molar-refractivity contribution in [3.63, 3.8) is 0 Å². The Labute approximate surface area is 192 Å². The van der Waals surface area contributed by atoms with Gasteiger partial charge in [0.05, 0.1) is 4.90 Å². The van der Waals surface area contributed by atoms with E-state index in [-0.39, 0.29) is 23.5 Å². The van der Waals surface area contributed by atoms with Crippen molar-refractivity contribution >= 4 is 32.5 Å². The number of aromatic amines is 1. The van der Waals surface area contributed by atoms with Crippen molar-refractivity contribution in [2.24, 2.45) is 0 Å². The maximum absolute atomic E-state index is 13.5. The van der Waals surface area contributed by atoms with Gasteiger partial charge in [0.1, 0.15) is 0 Å². The summed E-state index contributed by atoms with van der Waals surface area (Å²) in [5.41, 5.74) is 3.73. The summed E-state index contributed by atoms with van der Waals surface area (Å²) in [5.74, 6) is 0. The van der Waals surface area contributed by atoms with E-state index in [1.54, 1.807) is 18.2 Å². The number of aromatic nitrogens is 1. The van der Waals surface area contributed by atoms with Crippen molar-refractivity contribution in [1.82, 2.24) is 9.29 Å². The lowest BCUT2D eigenvalue weighted by atomic mass is 10.0. The molecule has 0 unspecified atom stereocenters. The normalized spacial score (nSPS) is 11.9. The summed E-state index contributed by atoms with van der Waals surface area (Å²) < 4.78 is 28.3. The second kappa shape index (κ2) is 8.90. The number of H-pyrrole nitrogens is 1. The Morgan fingerprint density at radius 3 is 2.28 bits per heavy atom. The molecule has 0 aliphatic rings. The van der Waals surface area contributed by atoms with Crippen molar-refractivity contribution < 1.29 is 8.42 Å². The number of rotatable bonds is 6. The number of hydrogen-bond donors (Lipinski definition) is 1. The van der Waals surface area contributed by atoms with Gasteiger partial charge in [-0.2, -0.15) is 4.31 Å². The third kappa shape index (κ3) is 4.63. The maximum atomic E-state index is 13.5. The number of nitrogens with zero attached hydrogens (tertiary/aromatic N) is 1. The Balaban J connectivity index is 1.79. The molecule has 4 aromatic rings. The van der Waals surface area contributed by atoms with Gasteiger partial charge in [-0.05, 0) is 66.9 Å². The smallest absolute Gasteiger partial charge is 0.252 e. The molecule has 1 heterocycles. The molecule has 0 amide bonds. The number of sulfonamides is 1. The Morgan fingerprint density at radius 1 is 0.906 bits per heavy atom. The van der Waals surface area contributed by atoms with E-state index in [0.717, 1.165) is 27.6 Å². The zero-order valence-corrected chi connectivity index (χ0v) is 19.4. The minimum atomic E-state index is -3.88. The second-order valence-electron chi connectivity index (χ2n) is 7.88. The van der Waals surface area contributed by atoms with Crippen LogP contribution in [0.25, 0.3) is 10.9 Å². The number of aryl methyl sites for hydroxylation is 2. The van der Waals surface area contributed by atoms with Crippen LogP contribution >= 0.6 is 11.6 Å². The monoisotopic (exact) mass is 466 g/mol. The molecule has 0 aliphatic carbocycles. The maximum Gasteiger partial charge on any atom is 0.252 e. The van der Waals surface area contributed by atoms with Gasteiger partial charge in [0.2, 0.25) is 10.0 Å². The van der Waals surface area contributed by atoms with Gasteiger partial charge in [0.25, 0.3) is 5.56 Å². The van der Waals surface area contributed by atoms with Gasteiger partial charge in [-0.1, -0.05) is 48.0 Å². The van der Waals surface area contributed by atoms with Crippen LogP contribution in [-0.4, -0.2) is 17.7 Å². The zero-order valence-electron chi connectivity index (χ0n) is 17.8. The Morgan fingerprint density at radius 2 is 1.59 bits per heavy atom. The highest BCUT2D eigenvalue weighted by Gasteiger charge is 2.26. The molecule has 4 rings (SSSR count). The summed E-state index contributed by atoms with van der Waals surface area (Å²) in [6, 6.07) is 21.1. The van der Waals surface area contributed by atoms with E-state index >= 15 is 0 Å². The molecule has 0 saturated heterocycles. The van der Waals surface area contributed by atoms with Crippen molar-refractivity contribution in [1.29, 1.82) is 0 Å². The molecule has 0 spiro atoms. The largest absolute Gasteiger partial charge is 0.322 e. The molecule has 1 N–H and O–H groups in total. The van der Waals surface area contributed by atoms with Crippen molar-refractivity contribution in [3.05, 3.63) is 110 Å². The Hall–Kier alpha value is -2.93. The summed E-state index contributed by atoms with van der Waals surface area (Å²) in [4.78, 5) is 15.9. The van der Waals surface area contributed by atoms with E-state index in [2.05, 4.69) is 4.98 Å². The Kier molecular flexibility index (Phi) is 6.20. The summed E-state index contributed by atoms with van der Waals surface area (Å²) in [6.07, 6.45) is 0. The molecular formula is C25H23ClN2O3S. The van der Waals surface area contributed by atoms with Crippen LogP contribution in [0.2, 0.25) is 5.02 Å². The van der Waals surface area contributed by atoms with Gasteiger partial charge >= 0.3 is 0 Å². The van der Waals surface area contributed by atoms with Crippen LogP contribution < -0.4 is 5.56 Å². The molecule has 0 aliphatic heterocycles. The van der Waals surface area contributed by atoms with Gasteiger partial charge in [-0.3, -0.25) is 4.79 Å². The van der Waals surface area contributed by atoms with Gasteiger partial charge in [-0.15, -0.1) is 0 Å². The van der Waals surface area contributed by atoms with Crippen LogP contribution in [0.15, 0.2) is 82.5 Å². The van der Waals surface area contributed by atoms with Crippen LogP contribution in [0, 0.1) is 13.8 Å². The third-order valence-corrected chi connectivity index (χ3v) is 7.45. The minimum absolute atomic E-state index is 0.0571. The molecule has 7 heteroatoms. The second-order valence-corrected chi connectivity index (χ2v) is 10.3. The number of pyridine rings is 1. The number of halogens is 1. The topological polar surface area (TPSA) is 70.2 Å². The predicted molar refractivity (Wildman–Crippen MR) is 128 cm³/mol. The quantitative estimate of drug-likeness (QED) is 0.425. The molecule has 1 aromatic heterocycles. The lowest BCUT2D eigenvalue weighted by molar-refractivity contribution is 0.400. The molecule has 0 saturated carbocycles. The molecule has 0 bridgehead atoms. The van der Waals surface area contributed by atoms with E-state index in [0.29, 0.717) is 10.6 Å². The van der Waals surface area contributed by atoms with Crippen LogP contribution in [0.5, 0.6) is 0 Å².